The third kappa shape index (κ3) is 8.16. The molecule has 0 aliphatic carbocycles. The van der Waals surface area contributed by atoms with Crippen LogP contribution in [0.1, 0.15) is 35.6 Å². The highest BCUT2D eigenvalue weighted by molar-refractivity contribution is 6.01. The molecule has 0 fully saturated rings. The number of nitrogens with one attached hydrogen (secondary N) is 2. The summed E-state index contributed by atoms with van der Waals surface area (Å²) in [5.74, 6) is 0.531. The van der Waals surface area contributed by atoms with Crippen LogP contribution in [0.5, 0.6) is 5.75 Å². The first-order valence-corrected chi connectivity index (χ1v) is 15.5. The number of aliphatic hydroxyl groups excluding tert-OH is 1. The van der Waals surface area contributed by atoms with Crippen molar-refractivity contribution in [2.45, 2.75) is 30.9 Å². The number of rotatable bonds is 16. The summed E-state index contributed by atoms with van der Waals surface area (Å²) in [7, 11) is 1.63. The van der Waals surface area contributed by atoms with Crippen molar-refractivity contribution in [1.29, 1.82) is 0 Å². The molecule has 0 aromatic heterocycles. The molecule has 3 N–H and O–H groups in total. The van der Waals surface area contributed by atoms with Crippen LogP contribution in [0.3, 0.4) is 0 Å². The molecule has 1 aliphatic rings. The van der Waals surface area contributed by atoms with E-state index in [4.69, 9.17) is 24.3 Å². The number of nitrogens with zero attached hydrogens (tertiary/aromatic N) is 4. The highest BCUT2D eigenvalue weighted by Gasteiger charge is 2.53. The Morgan fingerprint density at radius 1 is 0.936 bits per heavy atom. The molecule has 1 amide bonds. The number of carbonyl (C=O) groups excluding carboxylic acids is 1. The van der Waals surface area contributed by atoms with E-state index in [0.717, 1.165) is 16.7 Å². The average Bonchev–Trinajstić information content (AvgIpc) is 3.50. The Morgan fingerprint density at radius 2 is 1.64 bits per heavy atom. The minimum atomic E-state index is -1.49. The third-order valence-electron chi connectivity index (χ3n) is 7.81. The molecule has 0 bridgehead atoms. The number of hydrogen-bond acceptors (Lipinski definition) is 8. The van der Waals surface area contributed by atoms with Crippen molar-refractivity contribution in [3.63, 3.8) is 0 Å². The molecular formula is C36H38N6O5. The number of methoxy groups -OCH3 is 1. The number of benzene rings is 4. The lowest BCUT2D eigenvalue weighted by Crippen LogP contribution is -2.54. The SMILES string of the molecule is COCCCNNC(=O)[C@@]1(Cc2ccccc2N=[N+]=[N-])N=C(c2ccc(OCCCO)cc2)O[C@H]1c1ccc(-c2ccccc2)cc1. The maximum atomic E-state index is 14.4. The summed E-state index contributed by atoms with van der Waals surface area (Å²) < 4.78 is 17.5. The van der Waals surface area contributed by atoms with Gasteiger partial charge in [-0.1, -0.05) is 84.0 Å². The van der Waals surface area contributed by atoms with Crippen molar-refractivity contribution in [1.82, 2.24) is 10.9 Å². The van der Waals surface area contributed by atoms with Crippen molar-refractivity contribution in [2.75, 3.05) is 33.5 Å². The molecule has 0 spiro atoms. The second kappa shape index (κ2) is 16.4. The van der Waals surface area contributed by atoms with E-state index >= 15 is 0 Å². The molecule has 4 aromatic rings. The molecule has 0 unspecified atom stereocenters. The second-order valence-corrected chi connectivity index (χ2v) is 11.0. The highest BCUT2D eigenvalue weighted by Crippen LogP contribution is 2.44. The van der Waals surface area contributed by atoms with E-state index in [2.05, 4.69) is 20.9 Å². The maximum Gasteiger partial charge on any atom is 0.266 e. The number of ether oxygens (including phenoxy) is 3. The van der Waals surface area contributed by atoms with Crippen LogP contribution in [0.2, 0.25) is 0 Å². The number of carbonyl (C=O) groups is 1. The average molecular weight is 635 g/mol. The summed E-state index contributed by atoms with van der Waals surface area (Å²) in [6.45, 7) is 1.45. The van der Waals surface area contributed by atoms with Crippen molar-refractivity contribution in [2.24, 2.45) is 10.1 Å². The Bertz CT molecular complexity index is 1690. The van der Waals surface area contributed by atoms with E-state index in [9.17, 15) is 10.3 Å². The Balaban J connectivity index is 1.57. The van der Waals surface area contributed by atoms with Gasteiger partial charge in [-0.25, -0.2) is 10.4 Å². The van der Waals surface area contributed by atoms with Gasteiger partial charge < -0.3 is 19.3 Å². The van der Waals surface area contributed by atoms with E-state index in [1.807, 2.05) is 78.9 Å². The molecule has 1 heterocycles. The van der Waals surface area contributed by atoms with Gasteiger partial charge in [0.1, 0.15) is 5.75 Å². The predicted molar refractivity (Wildman–Crippen MR) is 180 cm³/mol. The first-order chi connectivity index (χ1) is 23.1. The fourth-order valence-corrected chi connectivity index (χ4v) is 5.42. The largest absolute Gasteiger partial charge is 0.494 e. The van der Waals surface area contributed by atoms with Gasteiger partial charge in [0.15, 0.2) is 11.6 Å². The van der Waals surface area contributed by atoms with Crippen molar-refractivity contribution < 1.29 is 24.1 Å². The van der Waals surface area contributed by atoms with E-state index in [-0.39, 0.29) is 13.0 Å². The minimum absolute atomic E-state index is 0.0463. The van der Waals surface area contributed by atoms with Crippen LogP contribution in [0, 0.1) is 0 Å². The zero-order valence-electron chi connectivity index (χ0n) is 26.2. The first-order valence-electron chi connectivity index (χ1n) is 15.5. The molecule has 11 nitrogen and oxygen atoms in total. The van der Waals surface area contributed by atoms with Gasteiger partial charge in [0.25, 0.3) is 5.91 Å². The summed E-state index contributed by atoms with van der Waals surface area (Å²) in [4.78, 5) is 22.4. The van der Waals surface area contributed by atoms with Gasteiger partial charge in [-0.05, 0) is 58.5 Å². The summed E-state index contributed by atoms with van der Waals surface area (Å²) in [5.41, 5.74) is 18.2. The van der Waals surface area contributed by atoms with Crippen LogP contribution in [0.4, 0.5) is 5.69 Å². The molecule has 0 saturated carbocycles. The third-order valence-corrected chi connectivity index (χ3v) is 7.81. The molecule has 47 heavy (non-hydrogen) atoms. The van der Waals surface area contributed by atoms with Gasteiger partial charge in [-0.3, -0.25) is 10.2 Å². The molecular weight excluding hydrogens is 596 g/mol. The standard InChI is InChI=1S/C36H38N6O5/c1-45-23-7-21-38-41-35(44)36(25-30-11-5-6-12-32(30)40-42-37)33(28-15-13-27(14-16-28)26-9-3-2-4-10-26)47-34(39-36)29-17-19-31(20-18-29)46-24-8-22-43/h2-6,9-20,33,38,43H,7-8,21-25H2,1H3,(H,41,44)/t33-,36-/m0/s1. The number of hydrazine groups is 1. The number of amides is 1. The van der Waals surface area contributed by atoms with E-state index < -0.39 is 17.6 Å². The van der Waals surface area contributed by atoms with Gasteiger partial charge in [0, 0.05) is 55.9 Å². The lowest BCUT2D eigenvalue weighted by atomic mass is 9.81. The fraction of sp³-hybridized carbons (Fsp3) is 0.278. The van der Waals surface area contributed by atoms with Gasteiger partial charge >= 0.3 is 0 Å². The zero-order valence-corrected chi connectivity index (χ0v) is 26.2. The second-order valence-electron chi connectivity index (χ2n) is 11.0. The summed E-state index contributed by atoms with van der Waals surface area (Å²) >= 11 is 0. The Morgan fingerprint density at radius 3 is 2.36 bits per heavy atom. The number of aliphatic hydroxyl groups is 1. The number of hydrogen-bond donors (Lipinski definition) is 3. The Hall–Kier alpha value is -5.19. The first kappa shape index (κ1) is 33.2. The van der Waals surface area contributed by atoms with Crippen LogP contribution in [0.25, 0.3) is 21.6 Å². The summed E-state index contributed by atoms with van der Waals surface area (Å²) in [5, 5.41) is 13.0. The van der Waals surface area contributed by atoms with Crippen molar-refractivity contribution in [3.8, 4) is 16.9 Å². The molecule has 242 valence electrons. The quantitative estimate of drug-likeness (QED) is 0.0438. The van der Waals surface area contributed by atoms with Crippen molar-refractivity contribution in [3.05, 3.63) is 130 Å². The minimum Gasteiger partial charge on any atom is -0.494 e. The molecule has 0 radical (unpaired) electrons. The smallest absolute Gasteiger partial charge is 0.266 e. The maximum absolute atomic E-state index is 14.4. The Labute approximate surface area is 273 Å². The van der Waals surface area contributed by atoms with Crippen LogP contribution in [0.15, 0.2) is 113 Å². The summed E-state index contributed by atoms with van der Waals surface area (Å²) in [6, 6.07) is 32.4. The summed E-state index contributed by atoms with van der Waals surface area (Å²) in [6.07, 6.45) is 0.468. The van der Waals surface area contributed by atoms with Gasteiger partial charge in [0.05, 0.1) is 6.61 Å². The van der Waals surface area contributed by atoms with E-state index in [1.54, 1.807) is 31.4 Å². The molecule has 1 aliphatic heterocycles. The van der Waals surface area contributed by atoms with Gasteiger partial charge in [-0.15, -0.1) is 0 Å². The van der Waals surface area contributed by atoms with Gasteiger partial charge in [0.2, 0.25) is 5.90 Å². The van der Waals surface area contributed by atoms with Crippen LogP contribution >= 0.6 is 0 Å². The van der Waals surface area contributed by atoms with E-state index in [1.165, 1.54) is 0 Å². The van der Waals surface area contributed by atoms with Crippen LogP contribution < -0.4 is 15.6 Å². The number of aliphatic imine (C=N–C) groups is 1. The van der Waals surface area contributed by atoms with E-state index in [0.29, 0.717) is 61.1 Å². The monoisotopic (exact) mass is 634 g/mol. The lowest BCUT2D eigenvalue weighted by Gasteiger charge is -2.31. The van der Waals surface area contributed by atoms with Gasteiger partial charge in [-0.2, -0.15) is 0 Å². The van der Waals surface area contributed by atoms with Crippen LogP contribution in [-0.4, -0.2) is 55.9 Å². The number of azide groups is 1. The molecule has 11 heteroatoms. The molecule has 4 aromatic carbocycles. The highest BCUT2D eigenvalue weighted by atomic mass is 16.5. The topological polar surface area (TPSA) is 150 Å². The fourth-order valence-electron chi connectivity index (χ4n) is 5.42. The zero-order chi connectivity index (χ0) is 32.9. The Kier molecular flexibility index (Phi) is 11.6. The molecule has 0 saturated heterocycles. The molecule has 2 atom stereocenters. The van der Waals surface area contributed by atoms with Crippen molar-refractivity contribution >= 4 is 17.5 Å². The lowest BCUT2D eigenvalue weighted by molar-refractivity contribution is -0.130. The normalized spacial score (nSPS) is 16.9. The van der Waals surface area contributed by atoms with Crippen LogP contribution in [-0.2, 0) is 20.7 Å². The predicted octanol–water partition coefficient (Wildman–Crippen LogP) is 6.21. The molecule has 5 rings (SSSR count).